The minimum absolute atomic E-state index is 0.0357. The quantitative estimate of drug-likeness (QED) is 0.786. The largest absolute Gasteiger partial charge is 0.389 e. The van der Waals surface area contributed by atoms with Gasteiger partial charge in [-0.25, -0.2) is 0 Å². The molecule has 0 saturated carbocycles. The van der Waals surface area contributed by atoms with Crippen molar-refractivity contribution in [2.24, 2.45) is 0 Å². The zero-order valence-electron chi connectivity index (χ0n) is 15.5. The molecule has 2 fully saturated rings. The second-order valence-corrected chi connectivity index (χ2v) is 6.99. The van der Waals surface area contributed by atoms with Gasteiger partial charge in [0.25, 0.3) is 5.91 Å². The van der Waals surface area contributed by atoms with E-state index in [1.807, 2.05) is 6.92 Å². The Kier molecular flexibility index (Phi) is 6.76. The number of fused-ring (bicyclic) bond motifs is 1. The van der Waals surface area contributed by atoms with Crippen LogP contribution in [0.3, 0.4) is 0 Å². The predicted octanol–water partition coefficient (Wildman–Crippen LogP) is 0.357. The average Bonchev–Trinajstić information content (AvgIpc) is 2.65. The van der Waals surface area contributed by atoms with Gasteiger partial charge in [0.05, 0.1) is 43.4 Å². The Balaban J connectivity index is 1.74. The molecule has 0 spiro atoms. The Morgan fingerprint density at radius 1 is 1.37 bits per heavy atom. The smallest absolute Gasteiger partial charge is 0.255 e. The molecule has 0 aromatic carbocycles. The van der Waals surface area contributed by atoms with E-state index in [0.29, 0.717) is 31.4 Å². The third-order valence-electron chi connectivity index (χ3n) is 4.94. The molecule has 27 heavy (non-hydrogen) atoms. The van der Waals surface area contributed by atoms with Crippen molar-refractivity contribution in [1.82, 2.24) is 15.2 Å². The number of ether oxygens (including phenoxy) is 2. The highest BCUT2D eigenvalue weighted by atomic mass is 16.5. The molecular weight excluding hydrogens is 350 g/mol. The van der Waals surface area contributed by atoms with Crippen LogP contribution in [0, 0.1) is 0 Å². The molecule has 2 amide bonds. The molecule has 0 aliphatic carbocycles. The van der Waals surface area contributed by atoms with Crippen LogP contribution in [-0.4, -0.2) is 77.5 Å². The van der Waals surface area contributed by atoms with Crippen LogP contribution in [0.15, 0.2) is 24.5 Å². The van der Waals surface area contributed by atoms with E-state index in [9.17, 15) is 14.7 Å². The second-order valence-electron chi connectivity index (χ2n) is 6.99. The van der Waals surface area contributed by atoms with Crippen LogP contribution in [0.25, 0.3) is 0 Å². The van der Waals surface area contributed by atoms with Crippen LogP contribution < -0.4 is 5.32 Å². The Hall–Kier alpha value is -2.03. The number of aromatic nitrogens is 1. The summed E-state index contributed by atoms with van der Waals surface area (Å²) < 4.78 is 11.7. The molecule has 8 nitrogen and oxygen atoms in total. The first-order valence-electron chi connectivity index (χ1n) is 9.47. The van der Waals surface area contributed by atoms with Gasteiger partial charge < -0.3 is 24.8 Å². The maximum atomic E-state index is 13.0. The standard InChI is InChI=1S/C19H27N3O5/c1-2-21-18(24)8-15-5-6-16-17(27-15)12-26-11-14(23)10-22(16)19(25)13-4-3-7-20-9-13/h3-4,7,9,14-17,23H,2,5-6,8,10-12H2,1H3,(H,21,24)/t14-,15+,16-,17+/m0/s1. The maximum absolute atomic E-state index is 13.0. The van der Waals surface area contributed by atoms with Gasteiger partial charge in [-0.2, -0.15) is 0 Å². The molecule has 2 N–H and O–H groups in total. The number of nitrogens with zero attached hydrogens (tertiary/aromatic N) is 2. The predicted molar refractivity (Wildman–Crippen MR) is 97.1 cm³/mol. The summed E-state index contributed by atoms with van der Waals surface area (Å²) in [4.78, 5) is 30.6. The molecule has 2 aliphatic heterocycles. The van der Waals surface area contributed by atoms with Crippen molar-refractivity contribution in [3.05, 3.63) is 30.1 Å². The number of aliphatic hydroxyl groups excluding tert-OH is 1. The van der Waals surface area contributed by atoms with Gasteiger partial charge >= 0.3 is 0 Å². The number of amides is 2. The van der Waals surface area contributed by atoms with Crippen LogP contribution in [0.2, 0.25) is 0 Å². The van der Waals surface area contributed by atoms with Gasteiger partial charge in [0, 0.05) is 25.5 Å². The fraction of sp³-hybridized carbons (Fsp3) is 0.632. The van der Waals surface area contributed by atoms with Gasteiger partial charge in [0.1, 0.15) is 6.10 Å². The molecular formula is C19H27N3O5. The first-order chi connectivity index (χ1) is 13.1. The number of hydrogen-bond acceptors (Lipinski definition) is 6. The zero-order valence-corrected chi connectivity index (χ0v) is 15.5. The van der Waals surface area contributed by atoms with E-state index < -0.39 is 6.10 Å². The summed E-state index contributed by atoms with van der Waals surface area (Å²) in [6.07, 6.45) is 3.54. The molecule has 1 aromatic rings. The van der Waals surface area contributed by atoms with Crippen molar-refractivity contribution in [3.63, 3.8) is 0 Å². The molecule has 3 heterocycles. The molecule has 1 aromatic heterocycles. The van der Waals surface area contributed by atoms with E-state index >= 15 is 0 Å². The Bertz CT molecular complexity index is 641. The molecule has 2 saturated heterocycles. The topological polar surface area (TPSA) is 101 Å². The molecule has 8 heteroatoms. The molecule has 0 bridgehead atoms. The molecule has 148 valence electrons. The van der Waals surface area contributed by atoms with Crippen LogP contribution in [0.5, 0.6) is 0 Å². The monoisotopic (exact) mass is 377 g/mol. The van der Waals surface area contributed by atoms with Crippen molar-refractivity contribution >= 4 is 11.8 Å². The lowest BCUT2D eigenvalue weighted by Crippen LogP contribution is -2.57. The van der Waals surface area contributed by atoms with Gasteiger partial charge in [-0.1, -0.05) is 0 Å². The summed E-state index contributed by atoms with van der Waals surface area (Å²) in [6, 6.07) is 3.22. The summed E-state index contributed by atoms with van der Waals surface area (Å²) in [5, 5.41) is 13.0. The molecule has 4 atom stereocenters. The van der Waals surface area contributed by atoms with Gasteiger partial charge in [-0.15, -0.1) is 0 Å². The SMILES string of the molecule is CCNC(=O)C[C@H]1CC[C@H]2[C@@H](COC[C@@H](O)CN2C(=O)c2cccnc2)O1. The number of rotatable bonds is 4. The van der Waals surface area contributed by atoms with Crippen LogP contribution in [0.1, 0.15) is 36.5 Å². The lowest BCUT2D eigenvalue weighted by atomic mass is 9.94. The van der Waals surface area contributed by atoms with Crippen LogP contribution in [-0.2, 0) is 14.3 Å². The van der Waals surface area contributed by atoms with Crippen molar-refractivity contribution < 1.29 is 24.2 Å². The number of pyridine rings is 1. The van der Waals surface area contributed by atoms with E-state index in [2.05, 4.69) is 10.3 Å². The van der Waals surface area contributed by atoms with Crippen molar-refractivity contribution in [3.8, 4) is 0 Å². The highest BCUT2D eigenvalue weighted by molar-refractivity contribution is 5.94. The molecule has 0 radical (unpaired) electrons. The third kappa shape index (κ3) is 5.03. The maximum Gasteiger partial charge on any atom is 0.255 e. The van der Waals surface area contributed by atoms with Crippen molar-refractivity contribution in [2.75, 3.05) is 26.3 Å². The van der Waals surface area contributed by atoms with E-state index in [0.717, 1.165) is 0 Å². The van der Waals surface area contributed by atoms with Gasteiger partial charge in [-0.05, 0) is 31.9 Å². The van der Waals surface area contributed by atoms with Gasteiger partial charge in [0.2, 0.25) is 5.91 Å². The normalized spacial score (nSPS) is 28.6. The lowest BCUT2D eigenvalue weighted by molar-refractivity contribution is -0.150. The number of β-amino-alcohol motifs (C(OH)–C–C–N with tert-alkyl or cyclic N) is 1. The van der Waals surface area contributed by atoms with Crippen LogP contribution >= 0.6 is 0 Å². The average molecular weight is 377 g/mol. The van der Waals surface area contributed by atoms with Gasteiger partial charge in [0.15, 0.2) is 0 Å². The zero-order chi connectivity index (χ0) is 19.2. The molecule has 0 unspecified atom stereocenters. The number of aliphatic hydroxyl groups is 1. The Labute approximate surface area is 158 Å². The summed E-state index contributed by atoms with van der Waals surface area (Å²) in [7, 11) is 0. The summed E-state index contributed by atoms with van der Waals surface area (Å²) in [5.41, 5.74) is 0.481. The summed E-state index contributed by atoms with van der Waals surface area (Å²) in [6.45, 7) is 3.08. The van der Waals surface area contributed by atoms with E-state index in [1.54, 1.807) is 23.2 Å². The summed E-state index contributed by atoms with van der Waals surface area (Å²) >= 11 is 0. The second kappa shape index (κ2) is 9.25. The summed E-state index contributed by atoms with van der Waals surface area (Å²) in [5.74, 6) is -0.212. The Morgan fingerprint density at radius 2 is 2.22 bits per heavy atom. The van der Waals surface area contributed by atoms with E-state index in [4.69, 9.17) is 9.47 Å². The first-order valence-corrected chi connectivity index (χ1v) is 9.47. The molecule has 2 aliphatic rings. The molecule has 3 rings (SSSR count). The van der Waals surface area contributed by atoms with E-state index in [-0.39, 0.29) is 49.8 Å². The fourth-order valence-electron chi connectivity index (χ4n) is 3.71. The van der Waals surface area contributed by atoms with Gasteiger partial charge in [-0.3, -0.25) is 14.6 Å². The highest BCUT2D eigenvalue weighted by Crippen LogP contribution is 2.28. The van der Waals surface area contributed by atoms with Crippen LogP contribution in [0.4, 0.5) is 0 Å². The van der Waals surface area contributed by atoms with Crippen molar-refractivity contribution in [2.45, 2.75) is 50.5 Å². The van der Waals surface area contributed by atoms with Crippen molar-refractivity contribution in [1.29, 1.82) is 0 Å². The fourth-order valence-corrected chi connectivity index (χ4v) is 3.71. The number of nitrogens with one attached hydrogen (secondary N) is 1. The highest BCUT2D eigenvalue weighted by Gasteiger charge is 2.40. The lowest BCUT2D eigenvalue weighted by Gasteiger charge is -2.44. The van der Waals surface area contributed by atoms with E-state index in [1.165, 1.54) is 6.20 Å². The minimum Gasteiger partial charge on any atom is -0.389 e. The minimum atomic E-state index is -0.750. The third-order valence-corrected chi connectivity index (χ3v) is 4.94. The number of carbonyl (C=O) groups excluding carboxylic acids is 2. The Morgan fingerprint density at radius 3 is 2.96 bits per heavy atom. The first kappa shape index (κ1) is 19.7. The number of carbonyl (C=O) groups is 2. The number of hydrogen-bond donors (Lipinski definition) is 2.